The first-order valence-electron chi connectivity index (χ1n) is 3.10. The van der Waals surface area contributed by atoms with Crippen molar-refractivity contribution in [2.75, 3.05) is 7.05 Å². The summed E-state index contributed by atoms with van der Waals surface area (Å²) in [6.45, 7) is 0. The molecule has 0 atom stereocenters. The van der Waals surface area contributed by atoms with Gasteiger partial charge in [-0.2, -0.15) is 0 Å². The largest absolute Gasteiger partial charge is 0.356 e. The lowest BCUT2D eigenvalue weighted by Gasteiger charge is -2.31. The van der Waals surface area contributed by atoms with Crippen LogP contribution >= 0.6 is 0 Å². The zero-order chi connectivity index (χ0) is 6.91. The van der Waals surface area contributed by atoms with Crippen molar-refractivity contribution in [1.82, 2.24) is 5.32 Å². The molecule has 0 heterocycles. The Hall–Kier alpha value is -0.600. The van der Waals surface area contributed by atoms with Crippen LogP contribution in [0.3, 0.4) is 0 Å². The van der Waals surface area contributed by atoms with Crippen LogP contribution in [-0.2, 0) is 4.79 Å². The second-order valence-electron chi connectivity index (χ2n) is 2.40. The molecule has 1 saturated carbocycles. The van der Waals surface area contributed by atoms with Gasteiger partial charge in [0.15, 0.2) is 5.67 Å². The van der Waals surface area contributed by atoms with E-state index in [0.29, 0.717) is 12.8 Å². The highest BCUT2D eigenvalue weighted by atomic mass is 19.1. The normalized spacial score (nSPS) is 22.4. The third kappa shape index (κ3) is 0.910. The molecule has 1 aliphatic carbocycles. The third-order valence-corrected chi connectivity index (χ3v) is 1.78. The summed E-state index contributed by atoms with van der Waals surface area (Å²) < 4.78 is 12.9. The lowest BCUT2D eigenvalue weighted by molar-refractivity contribution is -0.137. The monoisotopic (exact) mass is 131 g/mol. The second-order valence-corrected chi connectivity index (χ2v) is 2.40. The molecule has 1 fully saturated rings. The number of amides is 1. The summed E-state index contributed by atoms with van der Waals surface area (Å²) in [5.74, 6) is -0.464. The molecule has 1 rings (SSSR count). The number of hydrogen-bond acceptors (Lipinski definition) is 1. The fourth-order valence-corrected chi connectivity index (χ4v) is 0.938. The van der Waals surface area contributed by atoms with Crippen LogP contribution < -0.4 is 5.32 Å². The lowest BCUT2D eigenvalue weighted by Crippen LogP contribution is -2.46. The third-order valence-electron chi connectivity index (χ3n) is 1.78. The van der Waals surface area contributed by atoms with Gasteiger partial charge in [0.1, 0.15) is 0 Å². The molecule has 0 saturated heterocycles. The van der Waals surface area contributed by atoms with Crippen LogP contribution in [0, 0.1) is 0 Å². The summed E-state index contributed by atoms with van der Waals surface area (Å²) in [6, 6.07) is 0. The first-order valence-corrected chi connectivity index (χ1v) is 3.10. The minimum atomic E-state index is -1.52. The number of carbonyl (C=O) groups is 1. The van der Waals surface area contributed by atoms with E-state index < -0.39 is 11.6 Å². The molecule has 0 aliphatic heterocycles. The van der Waals surface area contributed by atoms with Crippen LogP contribution in [-0.4, -0.2) is 18.6 Å². The van der Waals surface area contributed by atoms with Gasteiger partial charge in [-0.1, -0.05) is 0 Å². The summed E-state index contributed by atoms with van der Waals surface area (Å²) >= 11 is 0. The molecule has 52 valence electrons. The number of carbonyl (C=O) groups excluding carboxylic acids is 1. The Kier molecular flexibility index (Phi) is 1.43. The van der Waals surface area contributed by atoms with Crippen molar-refractivity contribution in [3.63, 3.8) is 0 Å². The molecule has 0 aromatic heterocycles. The van der Waals surface area contributed by atoms with Gasteiger partial charge in [-0.05, 0) is 19.3 Å². The lowest BCUT2D eigenvalue weighted by atomic mass is 9.81. The molecule has 1 amide bonds. The Morgan fingerprint density at radius 2 is 2.22 bits per heavy atom. The minimum absolute atomic E-state index is 0.396. The van der Waals surface area contributed by atoms with Crippen molar-refractivity contribution < 1.29 is 9.18 Å². The van der Waals surface area contributed by atoms with E-state index in [-0.39, 0.29) is 0 Å². The first-order chi connectivity index (χ1) is 4.19. The molecule has 1 N–H and O–H groups in total. The summed E-state index contributed by atoms with van der Waals surface area (Å²) in [6.07, 6.45) is 1.63. The van der Waals surface area contributed by atoms with E-state index in [1.54, 1.807) is 0 Å². The summed E-state index contributed by atoms with van der Waals surface area (Å²) in [5, 5.41) is 2.29. The highest BCUT2D eigenvalue weighted by Crippen LogP contribution is 2.35. The topological polar surface area (TPSA) is 29.1 Å². The maximum absolute atomic E-state index is 12.9. The molecule has 0 spiro atoms. The maximum Gasteiger partial charge on any atom is 0.257 e. The Bertz CT molecular complexity index is 131. The van der Waals surface area contributed by atoms with Gasteiger partial charge in [-0.3, -0.25) is 4.79 Å². The van der Waals surface area contributed by atoms with E-state index in [9.17, 15) is 9.18 Å². The Morgan fingerprint density at radius 1 is 1.67 bits per heavy atom. The van der Waals surface area contributed by atoms with E-state index >= 15 is 0 Å². The van der Waals surface area contributed by atoms with Crippen LogP contribution in [0.2, 0.25) is 0 Å². The predicted octanol–water partition coefficient (Wildman–Crippen LogP) is 0.625. The summed E-state index contributed by atoms with van der Waals surface area (Å²) in [7, 11) is 1.46. The van der Waals surface area contributed by atoms with Crippen molar-refractivity contribution in [3.05, 3.63) is 0 Å². The summed E-state index contributed by atoms with van der Waals surface area (Å²) in [4.78, 5) is 10.6. The Labute approximate surface area is 53.4 Å². The van der Waals surface area contributed by atoms with Crippen molar-refractivity contribution in [1.29, 1.82) is 0 Å². The zero-order valence-corrected chi connectivity index (χ0v) is 5.41. The number of rotatable bonds is 1. The van der Waals surface area contributed by atoms with Gasteiger partial charge < -0.3 is 5.32 Å². The summed E-state index contributed by atoms with van der Waals surface area (Å²) in [5.41, 5.74) is -1.52. The molecular formula is C6H10FNO. The maximum atomic E-state index is 12.9. The van der Waals surface area contributed by atoms with Gasteiger partial charge in [0.2, 0.25) is 0 Å². The molecule has 0 unspecified atom stereocenters. The number of halogens is 1. The number of alkyl halides is 1. The fraction of sp³-hybridized carbons (Fsp3) is 0.833. The van der Waals surface area contributed by atoms with Crippen molar-refractivity contribution in [3.8, 4) is 0 Å². The van der Waals surface area contributed by atoms with Crippen molar-refractivity contribution in [2.24, 2.45) is 0 Å². The van der Waals surface area contributed by atoms with E-state index in [1.165, 1.54) is 7.05 Å². The van der Waals surface area contributed by atoms with E-state index in [1.807, 2.05) is 0 Å². The molecule has 9 heavy (non-hydrogen) atoms. The Morgan fingerprint density at radius 3 is 2.33 bits per heavy atom. The quantitative estimate of drug-likeness (QED) is 0.555. The van der Waals surface area contributed by atoms with Crippen LogP contribution in [0.5, 0.6) is 0 Å². The minimum Gasteiger partial charge on any atom is -0.356 e. The smallest absolute Gasteiger partial charge is 0.257 e. The van der Waals surface area contributed by atoms with Gasteiger partial charge in [0.05, 0.1) is 0 Å². The van der Waals surface area contributed by atoms with Crippen LogP contribution in [0.4, 0.5) is 4.39 Å². The van der Waals surface area contributed by atoms with Crippen LogP contribution in [0.1, 0.15) is 19.3 Å². The SMILES string of the molecule is CNC(=O)C1(F)CCC1. The average Bonchev–Trinajstić information content (AvgIpc) is 1.81. The number of nitrogens with one attached hydrogen (secondary N) is 1. The fourth-order valence-electron chi connectivity index (χ4n) is 0.938. The van der Waals surface area contributed by atoms with Crippen molar-refractivity contribution in [2.45, 2.75) is 24.9 Å². The molecular weight excluding hydrogens is 121 g/mol. The highest BCUT2D eigenvalue weighted by molar-refractivity contribution is 5.85. The second kappa shape index (κ2) is 1.97. The molecule has 0 radical (unpaired) electrons. The van der Waals surface area contributed by atoms with Crippen LogP contribution in [0.25, 0.3) is 0 Å². The number of hydrogen-bond donors (Lipinski definition) is 1. The van der Waals surface area contributed by atoms with E-state index in [0.717, 1.165) is 6.42 Å². The Balaban J connectivity index is 2.49. The van der Waals surface area contributed by atoms with Gasteiger partial charge in [-0.25, -0.2) is 4.39 Å². The standard InChI is InChI=1S/C6H10FNO/c1-8-5(9)6(7)3-2-4-6/h2-4H2,1H3,(H,8,9). The molecule has 0 aromatic carbocycles. The van der Waals surface area contributed by atoms with Gasteiger partial charge >= 0.3 is 0 Å². The predicted molar refractivity (Wildman–Crippen MR) is 31.8 cm³/mol. The highest BCUT2D eigenvalue weighted by Gasteiger charge is 2.43. The van der Waals surface area contributed by atoms with Crippen molar-refractivity contribution >= 4 is 5.91 Å². The molecule has 0 bridgehead atoms. The molecule has 2 nitrogen and oxygen atoms in total. The zero-order valence-electron chi connectivity index (χ0n) is 5.41. The van der Waals surface area contributed by atoms with E-state index in [2.05, 4.69) is 5.32 Å². The van der Waals surface area contributed by atoms with Gasteiger partial charge in [-0.15, -0.1) is 0 Å². The molecule has 3 heteroatoms. The molecule has 0 aromatic rings. The van der Waals surface area contributed by atoms with E-state index in [4.69, 9.17) is 0 Å². The van der Waals surface area contributed by atoms with Gasteiger partial charge in [0, 0.05) is 7.05 Å². The van der Waals surface area contributed by atoms with Gasteiger partial charge in [0.25, 0.3) is 5.91 Å². The molecule has 1 aliphatic rings. The first kappa shape index (κ1) is 6.52. The van der Waals surface area contributed by atoms with Crippen LogP contribution in [0.15, 0.2) is 0 Å². The average molecular weight is 131 g/mol.